The minimum Gasteiger partial charge on any atom is -0.494 e. The van der Waals surface area contributed by atoms with Crippen molar-refractivity contribution in [3.63, 3.8) is 0 Å². The Labute approximate surface area is 106 Å². The van der Waals surface area contributed by atoms with Gasteiger partial charge < -0.3 is 9.84 Å². The van der Waals surface area contributed by atoms with Crippen LogP contribution in [-0.4, -0.2) is 18.2 Å². The van der Waals surface area contributed by atoms with Gasteiger partial charge in [-0.2, -0.15) is 0 Å². The SMILES string of the molecule is COc1ccc(/C(C)=C/CCCC(=O)O)cc1F. The fourth-order valence-electron chi connectivity index (χ4n) is 1.60. The summed E-state index contributed by atoms with van der Waals surface area (Å²) in [6.45, 7) is 1.88. The number of benzene rings is 1. The van der Waals surface area contributed by atoms with Crippen LogP contribution in [0.15, 0.2) is 24.3 Å². The Morgan fingerprint density at radius 1 is 1.50 bits per heavy atom. The van der Waals surface area contributed by atoms with Gasteiger partial charge in [-0.05, 0) is 43.0 Å². The summed E-state index contributed by atoms with van der Waals surface area (Å²) in [5, 5.41) is 8.51. The van der Waals surface area contributed by atoms with Crippen LogP contribution in [0.1, 0.15) is 31.7 Å². The number of carbonyl (C=O) groups is 1. The van der Waals surface area contributed by atoms with Crippen LogP contribution in [0.2, 0.25) is 0 Å². The van der Waals surface area contributed by atoms with E-state index in [1.807, 2.05) is 13.0 Å². The number of hydrogen-bond donors (Lipinski definition) is 1. The second-order valence-electron chi connectivity index (χ2n) is 4.02. The molecule has 0 aliphatic heterocycles. The van der Waals surface area contributed by atoms with Crippen molar-refractivity contribution in [2.75, 3.05) is 7.11 Å². The molecular weight excluding hydrogens is 235 g/mol. The molecule has 1 rings (SSSR count). The molecule has 0 aromatic heterocycles. The third-order valence-corrected chi connectivity index (χ3v) is 2.65. The van der Waals surface area contributed by atoms with Crippen molar-refractivity contribution in [2.45, 2.75) is 26.2 Å². The van der Waals surface area contributed by atoms with E-state index in [0.717, 1.165) is 11.1 Å². The summed E-state index contributed by atoms with van der Waals surface area (Å²) in [6.07, 6.45) is 3.34. The highest BCUT2D eigenvalue weighted by Gasteiger charge is 2.04. The fraction of sp³-hybridized carbons (Fsp3) is 0.357. The van der Waals surface area contributed by atoms with Gasteiger partial charge >= 0.3 is 5.97 Å². The molecule has 0 spiro atoms. The molecule has 0 unspecified atom stereocenters. The summed E-state index contributed by atoms with van der Waals surface area (Å²) in [5.41, 5.74) is 1.71. The lowest BCUT2D eigenvalue weighted by Gasteiger charge is -2.05. The molecule has 0 bridgehead atoms. The van der Waals surface area contributed by atoms with Gasteiger partial charge in [-0.3, -0.25) is 4.79 Å². The molecule has 0 saturated carbocycles. The zero-order valence-corrected chi connectivity index (χ0v) is 10.6. The molecule has 1 aromatic rings. The van der Waals surface area contributed by atoms with Gasteiger partial charge in [0.1, 0.15) is 0 Å². The Balaban J connectivity index is 2.65. The number of methoxy groups -OCH3 is 1. The van der Waals surface area contributed by atoms with E-state index in [1.54, 1.807) is 12.1 Å². The van der Waals surface area contributed by atoms with Crippen LogP contribution in [-0.2, 0) is 4.79 Å². The fourth-order valence-corrected chi connectivity index (χ4v) is 1.60. The van der Waals surface area contributed by atoms with Gasteiger partial charge in [-0.1, -0.05) is 12.1 Å². The third-order valence-electron chi connectivity index (χ3n) is 2.65. The Morgan fingerprint density at radius 2 is 2.22 bits per heavy atom. The van der Waals surface area contributed by atoms with Crippen LogP contribution in [0.4, 0.5) is 4.39 Å². The lowest BCUT2D eigenvalue weighted by atomic mass is 10.0. The quantitative estimate of drug-likeness (QED) is 0.788. The summed E-state index contributed by atoms with van der Waals surface area (Å²) in [6, 6.07) is 4.78. The first-order valence-electron chi connectivity index (χ1n) is 5.77. The van der Waals surface area contributed by atoms with Gasteiger partial charge in [0.15, 0.2) is 11.6 Å². The summed E-state index contributed by atoms with van der Waals surface area (Å²) in [7, 11) is 1.42. The van der Waals surface area contributed by atoms with Crippen LogP contribution in [0.5, 0.6) is 5.75 Å². The Bertz CT molecular complexity index is 452. The molecule has 18 heavy (non-hydrogen) atoms. The monoisotopic (exact) mass is 252 g/mol. The summed E-state index contributed by atoms with van der Waals surface area (Å²) >= 11 is 0. The molecule has 4 heteroatoms. The molecule has 3 nitrogen and oxygen atoms in total. The molecular formula is C14H17FO3. The average molecular weight is 252 g/mol. The van der Waals surface area contributed by atoms with Crippen LogP contribution in [0.25, 0.3) is 5.57 Å². The third kappa shape index (κ3) is 4.20. The largest absolute Gasteiger partial charge is 0.494 e. The molecule has 0 fully saturated rings. The number of unbranched alkanes of at least 4 members (excludes halogenated alkanes) is 1. The minimum atomic E-state index is -0.795. The molecule has 0 amide bonds. The highest BCUT2D eigenvalue weighted by Crippen LogP contribution is 2.22. The smallest absolute Gasteiger partial charge is 0.303 e. The van der Waals surface area contributed by atoms with Gasteiger partial charge in [-0.25, -0.2) is 4.39 Å². The van der Waals surface area contributed by atoms with Gasteiger partial charge in [0, 0.05) is 6.42 Å². The lowest BCUT2D eigenvalue weighted by molar-refractivity contribution is -0.137. The molecule has 0 atom stereocenters. The Morgan fingerprint density at radius 3 is 2.78 bits per heavy atom. The van der Waals surface area contributed by atoms with E-state index in [-0.39, 0.29) is 12.2 Å². The first-order chi connectivity index (χ1) is 8.54. The summed E-state index contributed by atoms with van der Waals surface area (Å²) in [4.78, 5) is 10.3. The molecule has 1 aromatic carbocycles. The predicted octanol–water partition coefficient (Wildman–Crippen LogP) is 3.49. The molecule has 0 aliphatic rings. The van der Waals surface area contributed by atoms with Crippen LogP contribution in [0.3, 0.4) is 0 Å². The van der Waals surface area contributed by atoms with Crippen LogP contribution >= 0.6 is 0 Å². The summed E-state index contributed by atoms with van der Waals surface area (Å²) < 4.78 is 18.3. The average Bonchev–Trinajstić information content (AvgIpc) is 2.34. The van der Waals surface area contributed by atoms with Crippen molar-refractivity contribution in [3.05, 3.63) is 35.7 Å². The molecule has 1 N–H and O–H groups in total. The van der Waals surface area contributed by atoms with Crippen molar-refractivity contribution in [1.29, 1.82) is 0 Å². The van der Waals surface area contributed by atoms with Crippen molar-refractivity contribution in [3.8, 4) is 5.75 Å². The number of aliphatic carboxylic acids is 1. The zero-order valence-electron chi connectivity index (χ0n) is 10.6. The number of hydrogen-bond acceptors (Lipinski definition) is 2. The van der Waals surface area contributed by atoms with E-state index < -0.39 is 11.8 Å². The Hall–Kier alpha value is -1.84. The normalized spacial score (nSPS) is 11.4. The van der Waals surface area contributed by atoms with Crippen LogP contribution < -0.4 is 4.74 Å². The van der Waals surface area contributed by atoms with E-state index in [2.05, 4.69) is 0 Å². The maximum atomic E-state index is 13.5. The summed E-state index contributed by atoms with van der Waals surface area (Å²) in [5.74, 6) is -0.970. The number of allylic oxidation sites excluding steroid dienone is 2. The van der Waals surface area contributed by atoms with E-state index in [9.17, 15) is 9.18 Å². The minimum absolute atomic E-state index is 0.154. The van der Waals surface area contributed by atoms with Gasteiger partial charge in [0.05, 0.1) is 7.11 Å². The standard InChI is InChI=1S/C14H17FO3/c1-10(5-3-4-6-14(16)17)11-7-8-13(18-2)12(15)9-11/h5,7-9H,3-4,6H2,1-2H3,(H,16,17)/b10-5+. The maximum absolute atomic E-state index is 13.5. The van der Waals surface area contributed by atoms with Crippen molar-refractivity contribution in [1.82, 2.24) is 0 Å². The molecule has 98 valence electrons. The van der Waals surface area contributed by atoms with E-state index in [0.29, 0.717) is 12.8 Å². The van der Waals surface area contributed by atoms with Gasteiger partial charge in [-0.15, -0.1) is 0 Å². The molecule has 0 saturated heterocycles. The second-order valence-corrected chi connectivity index (χ2v) is 4.02. The first-order valence-corrected chi connectivity index (χ1v) is 5.77. The molecule has 0 radical (unpaired) electrons. The van der Waals surface area contributed by atoms with Gasteiger partial charge in [0.2, 0.25) is 0 Å². The number of ether oxygens (including phenoxy) is 1. The highest BCUT2D eigenvalue weighted by atomic mass is 19.1. The van der Waals surface area contributed by atoms with Crippen molar-refractivity contribution < 1.29 is 19.0 Å². The van der Waals surface area contributed by atoms with E-state index >= 15 is 0 Å². The van der Waals surface area contributed by atoms with Crippen molar-refractivity contribution in [2.24, 2.45) is 0 Å². The number of halogens is 1. The van der Waals surface area contributed by atoms with Crippen LogP contribution in [0, 0.1) is 5.82 Å². The number of rotatable bonds is 6. The Kier molecular flexibility index (Phi) is 5.36. The maximum Gasteiger partial charge on any atom is 0.303 e. The molecule has 0 aliphatic carbocycles. The first kappa shape index (κ1) is 14.2. The zero-order chi connectivity index (χ0) is 13.5. The van der Waals surface area contributed by atoms with Gasteiger partial charge in [0.25, 0.3) is 0 Å². The lowest BCUT2D eigenvalue weighted by Crippen LogP contribution is -1.93. The number of carboxylic acid groups (broad SMARTS) is 1. The topological polar surface area (TPSA) is 46.5 Å². The number of carboxylic acids is 1. The van der Waals surface area contributed by atoms with Crippen molar-refractivity contribution >= 4 is 11.5 Å². The predicted molar refractivity (Wildman–Crippen MR) is 68.1 cm³/mol. The second kappa shape index (κ2) is 6.79. The highest BCUT2D eigenvalue weighted by molar-refractivity contribution is 5.67. The van der Waals surface area contributed by atoms with E-state index in [1.165, 1.54) is 13.2 Å². The van der Waals surface area contributed by atoms with E-state index in [4.69, 9.17) is 9.84 Å². The molecule has 0 heterocycles.